The van der Waals surface area contributed by atoms with Crippen LogP contribution in [0.3, 0.4) is 0 Å². The highest BCUT2D eigenvalue weighted by Gasteiger charge is 2.05. The first-order chi connectivity index (χ1) is 9.65. The lowest BCUT2D eigenvalue weighted by Gasteiger charge is -2.11. The zero-order valence-corrected chi connectivity index (χ0v) is 13.6. The molecular formula is C16H16BrNOS. The summed E-state index contributed by atoms with van der Waals surface area (Å²) >= 11 is 5.00. The average Bonchev–Trinajstić information content (AvgIpc) is 2.89. The van der Waals surface area contributed by atoms with Gasteiger partial charge in [-0.3, -0.25) is 4.79 Å². The molecule has 0 saturated carbocycles. The first kappa shape index (κ1) is 15.0. The lowest BCUT2D eigenvalue weighted by molar-refractivity contribution is -0.116. The molecule has 0 aliphatic carbocycles. The van der Waals surface area contributed by atoms with E-state index in [1.807, 2.05) is 36.4 Å². The molecule has 0 bridgehead atoms. The van der Waals surface area contributed by atoms with Crippen LogP contribution >= 0.6 is 27.3 Å². The molecule has 0 spiro atoms. The summed E-state index contributed by atoms with van der Waals surface area (Å²) in [4.78, 5) is 12.8. The highest BCUT2D eigenvalue weighted by Crippen LogP contribution is 2.22. The van der Waals surface area contributed by atoms with E-state index in [-0.39, 0.29) is 5.91 Å². The van der Waals surface area contributed by atoms with E-state index in [2.05, 4.69) is 40.3 Å². The smallest absolute Gasteiger partial charge is 0.244 e. The number of hydrogen-bond acceptors (Lipinski definition) is 2. The van der Waals surface area contributed by atoms with Crippen LogP contribution in [-0.4, -0.2) is 12.5 Å². The van der Waals surface area contributed by atoms with Crippen LogP contribution in [0.15, 0.2) is 52.3 Å². The van der Waals surface area contributed by atoms with Gasteiger partial charge in [0.05, 0.1) is 3.79 Å². The summed E-state index contributed by atoms with van der Waals surface area (Å²) in [5.41, 5.74) is 1.24. The van der Waals surface area contributed by atoms with E-state index >= 15 is 0 Å². The van der Waals surface area contributed by atoms with E-state index in [0.717, 1.165) is 8.66 Å². The van der Waals surface area contributed by atoms with Crippen LogP contribution in [-0.2, 0) is 4.79 Å². The van der Waals surface area contributed by atoms with Gasteiger partial charge < -0.3 is 5.32 Å². The van der Waals surface area contributed by atoms with Crippen molar-refractivity contribution < 1.29 is 4.79 Å². The number of benzene rings is 1. The van der Waals surface area contributed by atoms with Crippen molar-refractivity contribution in [2.24, 2.45) is 0 Å². The maximum atomic E-state index is 11.8. The first-order valence-electron chi connectivity index (χ1n) is 6.41. The normalized spacial score (nSPS) is 12.5. The molecule has 1 atom stereocenters. The van der Waals surface area contributed by atoms with Crippen molar-refractivity contribution in [1.29, 1.82) is 0 Å². The molecular weight excluding hydrogens is 334 g/mol. The summed E-state index contributed by atoms with van der Waals surface area (Å²) in [7, 11) is 0. The summed E-state index contributed by atoms with van der Waals surface area (Å²) in [6.07, 6.45) is 3.41. The Labute approximate surface area is 131 Å². The fourth-order valence-electron chi connectivity index (χ4n) is 1.79. The predicted molar refractivity (Wildman–Crippen MR) is 88.9 cm³/mol. The van der Waals surface area contributed by atoms with E-state index < -0.39 is 0 Å². The summed E-state index contributed by atoms with van der Waals surface area (Å²) in [6.45, 7) is 2.75. The Hall–Kier alpha value is -1.39. The number of amides is 1. The van der Waals surface area contributed by atoms with Crippen molar-refractivity contribution >= 4 is 39.2 Å². The van der Waals surface area contributed by atoms with Crippen molar-refractivity contribution in [2.75, 3.05) is 6.54 Å². The minimum absolute atomic E-state index is 0.0581. The molecule has 0 saturated heterocycles. The number of rotatable bonds is 5. The van der Waals surface area contributed by atoms with Crippen molar-refractivity contribution in [3.63, 3.8) is 0 Å². The summed E-state index contributed by atoms with van der Waals surface area (Å²) in [6, 6.07) is 14.1. The Morgan fingerprint density at radius 3 is 2.70 bits per heavy atom. The van der Waals surface area contributed by atoms with Gasteiger partial charge in [0.15, 0.2) is 0 Å². The number of thiophene rings is 1. The molecule has 1 N–H and O–H groups in total. The third kappa shape index (κ3) is 4.62. The topological polar surface area (TPSA) is 29.1 Å². The quantitative estimate of drug-likeness (QED) is 0.794. The Morgan fingerprint density at radius 2 is 2.05 bits per heavy atom. The molecule has 1 heterocycles. The zero-order valence-electron chi connectivity index (χ0n) is 11.2. The van der Waals surface area contributed by atoms with Gasteiger partial charge in [-0.15, -0.1) is 11.3 Å². The number of halogens is 1. The molecule has 0 aliphatic heterocycles. The van der Waals surface area contributed by atoms with E-state index in [1.54, 1.807) is 17.4 Å². The van der Waals surface area contributed by atoms with Crippen molar-refractivity contribution in [2.45, 2.75) is 12.8 Å². The molecule has 1 aromatic heterocycles. The van der Waals surface area contributed by atoms with Gasteiger partial charge in [0.2, 0.25) is 5.91 Å². The van der Waals surface area contributed by atoms with Crippen molar-refractivity contribution in [1.82, 2.24) is 5.32 Å². The van der Waals surface area contributed by atoms with Crippen LogP contribution in [0.4, 0.5) is 0 Å². The largest absolute Gasteiger partial charge is 0.352 e. The summed E-state index contributed by atoms with van der Waals surface area (Å²) in [5.74, 6) is 0.252. The maximum Gasteiger partial charge on any atom is 0.244 e. The molecule has 2 nitrogen and oxygen atoms in total. The molecule has 1 aromatic carbocycles. The van der Waals surface area contributed by atoms with Gasteiger partial charge in [0.25, 0.3) is 0 Å². The molecule has 0 unspecified atom stereocenters. The SMILES string of the molecule is C[C@H](CNC(=O)/C=C/c1ccc(Br)s1)c1ccccc1. The van der Waals surface area contributed by atoms with Gasteiger partial charge in [-0.2, -0.15) is 0 Å². The van der Waals surface area contributed by atoms with Crippen molar-refractivity contribution in [3.05, 3.63) is 62.8 Å². The Kier molecular flexibility index (Phi) is 5.56. The zero-order chi connectivity index (χ0) is 14.4. The van der Waals surface area contributed by atoms with Crippen LogP contribution in [0.5, 0.6) is 0 Å². The fourth-order valence-corrected chi connectivity index (χ4v) is 3.11. The van der Waals surface area contributed by atoms with E-state index in [0.29, 0.717) is 12.5 Å². The van der Waals surface area contributed by atoms with Gasteiger partial charge >= 0.3 is 0 Å². The third-order valence-electron chi connectivity index (χ3n) is 2.94. The second-order valence-corrected chi connectivity index (χ2v) is 7.03. The van der Waals surface area contributed by atoms with E-state index in [1.165, 1.54) is 5.56 Å². The van der Waals surface area contributed by atoms with Crippen LogP contribution in [0.2, 0.25) is 0 Å². The predicted octanol–water partition coefficient (Wildman–Crippen LogP) is 4.44. The van der Waals surface area contributed by atoms with Crippen molar-refractivity contribution in [3.8, 4) is 0 Å². The number of carbonyl (C=O) groups is 1. The molecule has 0 radical (unpaired) electrons. The fraction of sp³-hybridized carbons (Fsp3) is 0.188. The molecule has 20 heavy (non-hydrogen) atoms. The van der Waals surface area contributed by atoms with Crippen LogP contribution in [0.1, 0.15) is 23.3 Å². The van der Waals surface area contributed by atoms with E-state index in [9.17, 15) is 4.79 Å². The highest BCUT2D eigenvalue weighted by atomic mass is 79.9. The summed E-state index contributed by atoms with van der Waals surface area (Å²) in [5, 5.41) is 2.93. The monoisotopic (exact) mass is 349 g/mol. The highest BCUT2D eigenvalue weighted by molar-refractivity contribution is 9.11. The van der Waals surface area contributed by atoms with Crippen LogP contribution in [0.25, 0.3) is 6.08 Å². The lowest BCUT2D eigenvalue weighted by atomic mass is 10.0. The van der Waals surface area contributed by atoms with Gasteiger partial charge in [0.1, 0.15) is 0 Å². The van der Waals surface area contributed by atoms with Gasteiger partial charge in [-0.05, 0) is 45.6 Å². The van der Waals surface area contributed by atoms with Crippen LogP contribution in [0, 0.1) is 0 Å². The lowest BCUT2D eigenvalue weighted by Crippen LogP contribution is -2.25. The number of nitrogens with one attached hydrogen (secondary N) is 1. The standard InChI is InChI=1S/C16H16BrNOS/c1-12(13-5-3-2-4-6-13)11-18-16(19)10-8-14-7-9-15(17)20-14/h2-10,12H,11H2,1H3,(H,18,19)/b10-8+/t12-/m1/s1. The molecule has 2 aromatic rings. The second kappa shape index (κ2) is 7.41. The van der Waals surface area contributed by atoms with Gasteiger partial charge in [-0.1, -0.05) is 37.3 Å². The molecule has 0 fully saturated rings. The van der Waals surface area contributed by atoms with Crippen LogP contribution < -0.4 is 5.32 Å². The number of carbonyl (C=O) groups excluding carboxylic acids is 1. The minimum atomic E-state index is -0.0581. The van der Waals surface area contributed by atoms with Gasteiger partial charge in [-0.25, -0.2) is 0 Å². The molecule has 4 heteroatoms. The molecule has 1 amide bonds. The molecule has 2 rings (SSSR count). The average molecular weight is 350 g/mol. The Morgan fingerprint density at radius 1 is 1.30 bits per heavy atom. The maximum absolute atomic E-state index is 11.8. The minimum Gasteiger partial charge on any atom is -0.352 e. The Balaban J connectivity index is 1.82. The Bertz CT molecular complexity index is 592. The molecule has 0 aliphatic rings. The third-order valence-corrected chi connectivity index (χ3v) is 4.53. The first-order valence-corrected chi connectivity index (χ1v) is 8.02. The summed E-state index contributed by atoms with van der Waals surface area (Å²) < 4.78 is 1.07. The number of hydrogen-bond donors (Lipinski definition) is 1. The van der Waals surface area contributed by atoms with Gasteiger partial charge in [0, 0.05) is 17.5 Å². The van der Waals surface area contributed by atoms with E-state index in [4.69, 9.17) is 0 Å². The second-order valence-electron chi connectivity index (χ2n) is 4.53. The molecule has 104 valence electrons.